The van der Waals surface area contributed by atoms with E-state index in [0.717, 1.165) is 0 Å². The van der Waals surface area contributed by atoms with E-state index >= 15 is 0 Å². The Balaban J connectivity index is 2.98. The van der Waals surface area contributed by atoms with Crippen LogP contribution in [0, 0.1) is 0 Å². The highest BCUT2D eigenvalue weighted by atomic mass is 35.5. The van der Waals surface area contributed by atoms with Crippen LogP contribution in [-0.2, 0) is 9.53 Å². The number of pyridine rings is 1. The van der Waals surface area contributed by atoms with Crippen LogP contribution in [0.1, 0.15) is 6.92 Å². The molecule has 1 amide bonds. The zero-order valence-corrected chi connectivity index (χ0v) is 10.6. The molecule has 0 aliphatic rings. The maximum atomic E-state index is 11.7. The number of carbonyl (C=O) groups excluding carboxylic acids is 1. The second-order valence-electron chi connectivity index (χ2n) is 3.11. The van der Waals surface area contributed by atoms with Gasteiger partial charge in [-0.2, -0.15) is 0 Å². The van der Waals surface area contributed by atoms with E-state index in [2.05, 4.69) is 4.98 Å². The van der Waals surface area contributed by atoms with Crippen LogP contribution in [0.25, 0.3) is 0 Å². The largest absolute Gasteiger partial charge is 0.480 e. The van der Waals surface area contributed by atoms with Crippen LogP contribution in [0.2, 0.25) is 0 Å². The molecule has 0 bridgehead atoms. The number of rotatable bonds is 6. The lowest BCUT2D eigenvalue weighted by molar-refractivity contribution is -0.117. The van der Waals surface area contributed by atoms with Crippen molar-refractivity contribution in [2.24, 2.45) is 0 Å². The van der Waals surface area contributed by atoms with E-state index in [1.165, 1.54) is 12.0 Å². The van der Waals surface area contributed by atoms with Gasteiger partial charge >= 0.3 is 0 Å². The number of alkyl halides is 1. The fourth-order valence-electron chi connectivity index (χ4n) is 1.28. The van der Waals surface area contributed by atoms with Crippen LogP contribution in [0.15, 0.2) is 18.3 Å². The minimum Gasteiger partial charge on any atom is -0.480 e. The highest BCUT2D eigenvalue weighted by molar-refractivity contribution is 6.29. The summed E-state index contributed by atoms with van der Waals surface area (Å²) in [7, 11) is 1.50. The maximum Gasteiger partial charge on any atom is 0.243 e. The molecule has 94 valence electrons. The molecule has 17 heavy (non-hydrogen) atoms. The number of hydrogen-bond donors (Lipinski definition) is 0. The van der Waals surface area contributed by atoms with E-state index in [0.29, 0.717) is 18.2 Å². The molecule has 0 fully saturated rings. The van der Waals surface area contributed by atoms with Gasteiger partial charge in [0.15, 0.2) is 0 Å². The molecule has 0 spiro atoms. The topological polar surface area (TPSA) is 51.7 Å². The fraction of sp³-hybridized carbons (Fsp3) is 0.455. The summed E-state index contributed by atoms with van der Waals surface area (Å²) >= 11 is 5.56. The number of aromatic nitrogens is 1. The molecule has 0 unspecified atom stereocenters. The molecule has 1 aromatic heterocycles. The van der Waals surface area contributed by atoms with Crippen LogP contribution in [0.3, 0.4) is 0 Å². The highest BCUT2D eigenvalue weighted by Gasteiger charge is 2.19. The zero-order valence-electron chi connectivity index (χ0n) is 9.85. The quantitative estimate of drug-likeness (QED) is 0.575. The van der Waals surface area contributed by atoms with Crippen molar-refractivity contribution in [3.05, 3.63) is 18.3 Å². The maximum absolute atomic E-state index is 11.7. The molecular weight excluding hydrogens is 244 g/mol. The fourth-order valence-corrected chi connectivity index (χ4v) is 1.42. The summed E-state index contributed by atoms with van der Waals surface area (Å²) in [6, 6.07) is 3.45. The first kappa shape index (κ1) is 13.7. The molecule has 0 saturated carbocycles. The normalized spacial score (nSPS) is 10.1. The van der Waals surface area contributed by atoms with Crippen LogP contribution in [0.5, 0.6) is 5.88 Å². The van der Waals surface area contributed by atoms with Gasteiger partial charge in [0.05, 0.1) is 7.11 Å². The third-order valence-electron chi connectivity index (χ3n) is 2.08. The number of nitrogens with zero attached hydrogens (tertiary/aromatic N) is 2. The van der Waals surface area contributed by atoms with Crippen LogP contribution in [0.4, 0.5) is 5.69 Å². The first-order valence-corrected chi connectivity index (χ1v) is 5.71. The number of anilines is 1. The van der Waals surface area contributed by atoms with E-state index < -0.39 is 0 Å². The van der Waals surface area contributed by atoms with E-state index in [1.54, 1.807) is 18.3 Å². The molecule has 0 N–H and O–H groups in total. The van der Waals surface area contributed by atoms with Gasteiger partial charge in [-0.05, 0) is 19.1 Å². The molecule has 0 atom stereocenters. The number of hydrogen-bond acceptors (Lipinski definition) is 4. The minimum atomic E-state index is -0.258. The second kappa shape index (κ2) is 7.09. The monoisotopic (exact) mass is 258 g/mol. The molecule has 6 heteroatoms. The highest BCUT2D eigenvalue weighted by Crippen LogP contribution is 2.25. The number of amides is 1. The Morgan fingerprint density at radius 3 is 2.94 bits per heavy atom. The molecule has 0 aromatic carbocycles. The van der Waals surface area contributed by atoms with Gasteiger partial charge in [-0.3, -0.25) is 9.69 Å². The van der Waals surface area contributed by atoms with Gasteiger partial charge in [-0.25, -0.2) is 4.98 Å². The molecule has 1 heterocycles. The molecule has 1 rings (SSSR count). The van der Waals surface area contributed by atoms with Gasteiger partial charge < -0.3 is 9.47 Å². The van der Waals surface area contributed by atoms with Crippen LogP contribution >= 0.6 is 11.6 Å². The third-order valence-corrected chi connectivity index (χ3v) is 2.30. The zero-order chi connectivity index (χ0) is 12.7. The van der Waals surface area contributed by atoms with Crippen molar-refractivity contribution >= 4 is 23.2 Å². The van der Waals surface area contributed by atoms with Crippen molar-refractivity contribution in [2.45, 2.75) is 6.92 Å². The minimum absolute atomic E-state index is 0.120. The Morgan fingerprint density at radius 2 is 2.35 bits per heavy atom. The van der Waals surface area contributed by atoms with Crippen molar-refractivity contribution in [3.63, 3.8) is 0 Å². The van der Waals surface area contributed by atoms with Crippen molar-refractivity contribution in [2.75, 3.05) is 31.2 Å². The molecule has 5 nitrogen and oxygen atoms in total. The van der Waals surface area contributed by atoms with E-state index in [-0.39, 0.29) is 18.5 Å². The lowest BCUT2D eigenvalue weighted by atomic mass is 10.3. The SMILES string of the molecule is CCOCN(C(=O)CCl)c1cccnc1OC. The lowest BCUT2D eigenvalue weighted by Crippen LogP contribution is -2.34. The summed E-state index contributed by atoms with van der Waals surface area (Å²) in [4.78, 5) is 17.2. The predicted molar refractivity (Wildman–Crippen MR) is 65.5 cm³/mol. The second-order valence-corrected chi connectivity index (χ2v) is 3.38. The van der Waals surface area contributed by atoms with E-state index in [9.17, 15) is 4.79 Å². The van der Waals surface area contributed by atoms with Crippen LogP contribution in [-0.4, -0.2) is 37.2 Å². The summed E-state index contributed by atoms with van der Waals surface area (Å²) in [5.41, 5.74) is 0.550. The van der Waals surface area contributed by atoms with E-state index in [1.807, 2.05) is 6.92 Å². The third kappa shape index (κ3) is 3.57. The summed E-state index contributed by atoms with van der Waals surface area (Å²) in [5, 5.41) is 0. The first-order chi connectivity index (χ1) is 8.24. The van der Waals surface area contributed by atoms with Gasteiger partial charge in [0, 0.05) is 12.8 Å². The lowest BCUT2D eigenvalue weighted by Gasteiger charge is -2.22. The molecular formula is C11H15ClN2O3. The van der Waals surface area contributed by atoms with Crippen molar-refractivity contribution in [1.82, 2.24) is 4.98 Å². The first-order valence-electron chi connectivity index (χ1n) is 5.17. The average molecular weight is 259 g/mol. The smallest absolute Gasteiger partial charge is 0.243 e. The van der Waals surface area contributed by atoms with Gasteiger partial charge in [0.25, 0.3) is 0 Å². The Kier molecular flexibility index (Phi) is 5.72. The number of carbonyl (C=O) groups is 1. The van der Waals surface area contributed by atoms with Gasteiger partial charge in [0.2, 0.25) is 11.8 Å². The molecule has 0 aliphatic heterocycles. The number of ether oxygens (including phenoxy) is 2. The van der Waals surface area contributed by atoms with Crippen LogP contribution < -0.4 is 9.64 Å². The molecule has 0 saturated heterocycles. The average Bonchev–Trinajstić information content (AvgIpc) is 2.39. The number of methoxy groups -OCH3 is 1. The summed E-state index contributed by atoms with van der Waals surface area (Å²) < 4.78 is 10.3. The Hall–Kier alpha value is -1.33. The van der Waals surface area contributed by atoms with Gasteiger partial charge in [0.1, 0.15) is 18.3 Å². The molecule has 0 radical (unpaired) electrons. The van der Waals surface area contributed by atoms with Gasteiger partial charge in [-0.15, -0.1) is 11.6 Å². The predicted octanol–water partition coefficient (Wildman–Crippen LogP) is 1.66. The Morgan fingerprint density at radius 1 is 1.59 bits per heavy atom. The molecule has 1 aromatic rings. The number of halogens is 1. The summed E-state index contributed by atoms with van der Waals surface area (Å²) in [6.45, 7) is 2.49. The standard InChI is InChI=1S/C11H15ClN2O3/c1-3-17-8-14(10(15)7-12)9-5-4-6-13-11(9)16-2/h4-6H,3,7-8H2,1-2H3. The van der Waals surface area contributed by atoms with Crippen molar-refractivity contribution < 1.29 is 14.3 Å². The summed E-state index contributed by atoms with van der Waals surface area (Å²) in [6.07, 6.45) is 1.59. The van der Waals surface area contributed by atoms with E-state index in [4.69, 9.17) is 21.1 Å². The van der Waals surface area contributed by atoms with Crippen molar-refractivity contribution in [1.29, 1.82) is 0 Å². The Labute approximate surface area is 105 Å². The molecule has 0 aliphatic carbocycles. The Bertz CT molecular complexity index is 373. The summed E-state index contributed by atoms with van der Waals surface area (Å²) in [5.74, 6) is -0.0115. The van der Waals surface area contributed by atoms with Gasteiger partial charge in [-0.1, -0.05) is 0 Å². The van der Waals surface area contributed by atoms with Crippen molar-refractivity contribution in [3.8, 4) is 5.88 Å².